The van der Waals surface area contributed by atoms with Gasteiger partial charge in [0.15, 0.2) is 11.6 Å². The molecule has 1 amide bonds. The molecule has 4 N–H and O–H groups in total. The van der Waals surface area contributed by atoms with Crippen LogP contribution in [0.1, 0.15) is 23.7 Å². The number of hydrogen-bond acceptors (Lipinski definition) is 5. The Morgan fingerprint density at radius 2 is 2.47 bits per heavy atom. The highest BCUT2D eigenvalue weighted by molar-refractivity contribution is 5.95. The third-order valence-electron chi connectivity index (χ3n) is 3.30. The van der Waals surface area contributed by atoms with Crippen LogP contribution < -0.4 is 16.6 Å². The van der Waals surface area contributed by atoms with Gasteiger partial charge in [0.1, 0.15) is 0 Å². The maximum atomic E-state index is 13.9. The van der Waals surface area contributed by atoms with E-state index in [0.717, 1.165) is 6.42 Å². The topological polar surface area (TPSA) is 89.3 Å². The smallest absolute Gasteiger partial charge is 0.254 e. The summed E-state index contributed by atoms with van der Waals surface area (Å²) in [6.45, 7) is 3.21. The number of pyridine rings is 1. The van der Waals surface area contributed by atoms with Gasteiger partial charge in [-0.25, -0.2) is 15.2 Å². The van der Waals surface area contributed by atoms with E-state index in [0.29, 0.717) is 13.2 Å². The van der Waals surface area contributed by atoms with Gasteiger partial charge in [-0.15, -0.1) is 0 Å². The highest BCUT2D eigenvalue weighted by atomic mass is 19.1. The Bertz CT molecular complexity index is 463. The number of nitrogen functional groups attached to an aromatic ring is 1. The van der Waals surface area contributed by atoms with E-state index in [1.807, 2.05) is 6.92 Å². The average Bonchev–Trinajstić information content (AvgIpc) is 2.92. The number of hydrogen-bond donors (Lipinski definition) is 3. The molecule has 0 aromatic carbocycles. The summed E-state index contributed by atoms with van der Waals surface area (Å²) in [6.07, 6.45) is 2.23. The van der Waals surface area contributed by atoms with Gasteiger partial charge in [-0.05, 0) is 19.4 Å². The van der Waals surface area contributed by atoms with E-state index in [1.165, 1.54) is 12.3 Å². The number of ether oxygens (including phenoxy) is 1. The number of nitrogens with zero attached hydrogens (tertiary/aromatic N) is 1. The molecule has 7 heteroatoms. The Hall–Kier alpha value is -1.73. The quantitative estimate of drug-likeness (QED) is 0.551. The Morgan fingerprint density at radius 3 is 3.11 bits per heavy atom. The molecule has 2 rings (SSSR count). The molecular weight excluding hydrogens is 251 g/mol. The molecule has 0 radical (unpaired) electrons. The van der Waals surface area contributed by atoms with Crippen molar-refractivity contribution in [3.8, 4) is 0 Å². The zero-order chi connectivity index (χ0) is 13.8. The average molecular weight is 268 g/mol. The molecule has 104 valence electrons. The summed E-state index contributed by atoms with van der Waals surface area (Å²) < 4.78 is 19.1. The van der Waals surface area contributed by atoms with E-state index >= 15 is 0 Å². The van der Waals surface area contributed by atoms with Gasteiger partial charge in [0.05, 0.1) is 12.2 Å². The molecule has 1 aliphatic rings. The van der Waals surface area contributed by atoms with Crippen molar-refractivity contribution < 1.29 is 13.9 Å². The lowest BCUT2D eigenvalue weighted by atomic mass is 10.0. The van der Waals surface area contributed by atoms with Gasteiger partial charge in [-0.3, -0.25) is 4.79 Å². The number of nitrogens with two attached hydrogens (primary N) is 1. The molecule has 1 aromatic rings. The molecule has 1 aromatic heterocycles. The van der Waals surface area contributed by atoms with Crippen molar-refractivity contribution in [3.05, 3.63) is 23.6 Å². The molecule has 0 aliphatic carbocycles. The van der Waals surface area contributed by atoms with Crippen LogP contribution in [0.5, 0.6) is 0 Å². The maximum absolute atomic E-state index is 13.9. The zero-order valence-electron chi connectivity index (χ0n) is 10.6. The van der Waals surface area contributed by atoms with Crippen molar-refractivity contribution >= 4 is 11.7 Å². The third kappa shape index (κ3) is 2.99. The van der Waals surface area contributed by atoms with Crippen molar-refractivity contribution in [3.63, 3.8) is 0 Å². The molecular formula is C12H17FN4O2. The van der Waals surface area contributed by atoms with Gasteiger partial charge in [0.25, 0.3) is 5.91 Å². The first-order chi connectivity index (χ1) is 9.13. The third-order valence-corrected chi connectivity index (χ3v) is 3.30. The number of carbonyl (C=O) groups excluding carboxylic acids is 1. The van der Waals surface area contributed by atoms with E-state index in [9.17, 15) is 9.18 Å². The van der Waals surface area contributed by atoms with Crippen LogP contribution in [0.25, 0.3) is 0 Å². The molecule has 2 unspecified atom stereocenters. The SMILES string of the molecule is CC(NC(=O)c1ccnc(NN)c1F)C1CCOC1. The minimum absolute atomic E-state index is 0.0724. The van der Waals surface area contributed by atoms with Crippen LogP contribution in [-0.4, -0.2) is 30.1 Å². The molecule has 6 nitrogen and oxygen atoms in total. The number of hydrazine groups is 1. The number of carbonyl (C=O) groups is 1. The number of rotatable bonds is 4. The Balaban J connectivity index is 2.07. The fraction of sp³-hybridized carbons (Fsp3) is 0.500. The van der Waals surface area contributed by atoms with Crippen molar-refractivity contribution in [1.82, 2.24) is 10.3 Å². The van der Waals surface area contributed by atoms with Crippen LogP contribution >= 0.6 is 0 Å². The lowest BCUT2D eigenvalue weighted by Gasteiger charge is -2.19. The van der Waals surface area contributed by atoms with Gasteiger partial charge in [-0.2, -0.15) is 0 Å². The summed E-state index contributed by atoms with van der Waals surface area (Å²) in [6, 6.07) is 1.25. The van der Waals surface area contributed by atoms with Crippen molar-refractivity contribution in [2.45, 2.75) is 19.4 Å². The minimum atomic E-state index is -0.752. The van der Waals surface area contributed by atoms with Crippen LogP contribution in [0, 0.1) is 11.7 Å². The van der Waals surface area contributed by atoms with Crippen LogP contribution in [-0.2, 0) is 4.74 Å². The summed E-state index contributed by atoms with van der Waals surface area (Å²) in [7, 11) is 0. The molecule has 0 spiro atoms. The van der Waals surface area contributed by atoms with E-state index in [2.05, 4.69) is 15.7 Å². The standard InChI is InChI=1S/C12H17FN4O2/c1-7(8-3-5-19-6-8)16-12(18)9-2-4-15-11(17-14)10(9)13/h2,4,7-8H,3,5-6,14H2,1H3,(H,15,17)(H,16,18). The van der Waals surface area contributed by atoms with Crippen LogP contribution in [0.2, 0.25) is 0 Å². The van der Waals surface area contributed by atoms with E-state index in [-0.39, 0.29) is 23.3 Å². The largest absolute Gasteiger partial charge is 0.381 e. The zero-order valence-corrected chi connectivity index (χ0v) is 10.6. The predicted octanol–water partition coefficient (Wildman–Crippen LogP) is 0.661. The van der Waals surface area contributed by atoms with Crippen molar-refractivity contribution in [2.24, 2.45) is 11.8 Å². The minimum Gasteiger partial charge on any atom is -0.381 e. The molecule has 2 atom stereocenters. The monoisotopic (exact) mass is 268 g/mol. The second kappa shape index (κ2) is 5.94. The Kier molecular flexibility index (Phi) is 4.28. The Labute approximate surface area is 110 Å². The van der Waals surface area contributed by atoms with E-state index < -0.39 is 11.7 Å². The highest BCUT2D eigenvalue weighted by Crippen LogP contribution is 2.18. The van der Waals surface area contributed by atoms with Gasteiger partial charge in [0, 0.05) is 24.8 Å². The highest BCUT2D eigenvalue weighted by Gasteiger charge is 2.25. The second-order valence-corrected chi connectivity index (χ2v) is 4.55. The summed E-state index contributed by atoms with van der Waals surface area (Å²) >= 11 is 0. The molecule has 2 heterocycles. The summed E-state index contributed by atoms with van der Waals surface area (Å²) in [5.41, 5.74) is 2.04. The number of halogens is 1. The molecule has 0 saturated carbocycles. The second-order valence-electron chi connectivity index (χ2n) is 4.55. The predicted molar refractivity (Wildman–Crippen MR) is 67.9 cm³/mol. The normalized spacial score (nSPS) is 20.1. The lowest BCUT2D eigenvalue weighted by Crippen LogP contribution is -2.38. The number of amides is 1. The van der Waals surface area contributed by atoms with Crippen molar-refractivity contribution in [2.75, 3.05) is 18.6 Å². The first-order valence-electron chi connectivity index (χ1n) is 6.13. The van der Waals surface area contributed by atoms with Crippen LogP contribution in [0.4, 0.5) is 10.2 Å². The van der Waals surface area contributed by atoms with Gasteiger partial charge in [-0.1, -0.05) is 0 Å². The van der Waals surface area contributed by atoms with Crippen LogP contribution in [0.15, 0.2) is 12.3 Å². The molecule has 1 saturated heterocycles. The summed E-state index contributed by atoms with van der Waals surface area (Å²) in [4.78, 5) is 15.7. The first kappa shape index (κ1) is 13.7. The Morgan fingerprint density at radius 1 is 1.68 bits per heavy atom. The molecule has 0 bridgehead atoms. The van der Waals surface area contributed by atoms with E-state index in [1.54, 1.807) is 0 Å². The summed E-state index contributed by atoms with van der Waals surface area (Å²) in [5, 5.41) is 2.77. The molecule has 1 aliphatic heterocycles. The maximum Gasteiger partial charge on any atom is 0.254 e. The van der Waals surface area contributed by atoms with Crippen LogP contribution in [0.3, 0.4) is 0 Å². The van der Waals surface area contributed by atoms with Gasteiger partial charge in [0.2, 0.25) is 0 Å². The number of aromatic nitrogens is 1. The fourth-order valence-corrected chi connectivity index (χ4v) is 2.07. The molecule has 1 fully saturated rings. The van der Waals surface area contributed by atoms with Crippen molar-refractivity contribution in [1.29, 1.82) is 0 Å². The van der Waals surface area contributed by atoms with Gasteiger partial charge < -0.3 is 15.5 Å². The summed E-state index contributed by atoms with van der Waals surface area (Å²) in [5.74, 6) is 4.01. The van der Waals surface area contributed by atoms with E-state index in [4.69, 9.17) is 10.6 Å². The van der Waals surface area contributed by atoms with Gasteiger partial charge >= 0.3 is 0 Å². The number of nitrogens with one attached hydrogen (secondary N) is 2. The number of anilines is 1. The molecule has 19 heavy (non-hydrogen) atoms. The fourth-order valence-electron chi connectivity index (χ4n) is 2.07. The lowest BCUT2D eigenvalue weighted by molar-refractivity contribution is 0.0918. The first-order valence-corrected chi connectivity index (χ1v) is 6.13.